The average Bonchev–Trinajstić information content (AvgIpc) is 3.09. The molecule has 0 aliphatic carbocycles. The van der Waals surface area contributed by atoms with E-state index in [1.54, 1.807) is 0 Å². The molecule has 0 saturated heterocycles. The summed E-state index contributed by atoms with van der Waals surface area (Å²) >= 11 is 0. The maximum absolute atomic E-state index is 10.5. The molecule has 200 valence electrons. The smallest absolute Gasteiger partial charge is 0.756 e. The fraction of sp³-hybridized carbons (Fsp3) is 0.500. The van der Waals surface area contributed by atoms with Gasteiger partial charge in [-0.25, -0.2) is 9.59 Å². The van der Waals surface area contributed by atoms with Crippen LogP contribution in [0.15, 0.2) is 23.0 Å². The Morgan fingerprint density at radius 3 is 1.03 bits per heavy atom. The molecule has 2 rings (SSSR count). The Morgan fingerprint density at radius 1 is 0.714 bits per heavy atom. The summed E-state index contributed by atoms with van der Waals surface area (Å²) in [6, 6.07) is 0. The van der Waals surface area contributed by atoms with Gasteiger partial charge in [0.05, 0.1) is 13.2 Å². The van der Waals surface area contributed by atoms with Gasteiger partial charge in [-0.1, -0.05) is 0 Å². The van der Waals surface area contributed by atoms with Gasteiger partial charge in [0.2, 0.25) is 11.5 Å². The number of aliphatic hydroxyl groups excluding tert-OH is 8. The van der Waals surface area contributed by atoms with Crippen molar-refractivity contribution in [3.63, 3.8) is 0 Å². The Morgan fingerprint density at radius 2 is 0.914 bits per heavy atom. The van der Waals surface area contributed by atoms with Crippen molar-refractivity contribution in [3.8, 4) is 0 Å². The molecule has 0 aromatic carbocycles. The molecule has 0 aromatic rings. The van der Waals surface area contributed by atoms with Crippen molar-refractivity contribution >= 4 is 50.6 Å². The molecule has 0 spiro atoms. The summed E-state index contributed by atoms with van der Waals surface area (Å²) in [5, 5.41) is 70.1. The third kappa shape index (κ3) is 16.7. The Hall–Kier alpha value is -1.55. The molecule has 2 aliphatic heterocycles. The van der Waals surface area contributed by atoms with Gasteiger partial charge in [0, 0.05) is 0 Å². The van der Waals surface area contributed by atoms with Crippen molar-refractivity contribution < 1.29 is 98.4 Å². The summed E-state index contributed by atoms with van der Waals surface area (Å²) in [6.45, 7) is -1.34. The first kappa shape index (κ1) is 38.0. The summed E-state index contributed by atoms with van der Waals surface area (Å²) < 4.78 is 26.2. The molecule has 0 aromatic heterocycles. The Labute approximate surface area is 209 Å². The molecular weight excluding hydrogens is 550 g/mol. The first-order valence-corrected chi connectivity index (χ1v) is 11.0. The van der Waals surface area contributed by atoms with Crippen LogP contribution in [-0.2, 0) is 28.2 Å². The van der Waals surface area contributed by atoms with E-state index in [4.69, 9.17) is 79.3 Å². The Bertz CT molecular complexity index is 772. The van der Waals surface area contributed by atoms with Crippen LogP contribution < -0.4 is 9.79 Å². The third-order valence-corrected chi connectivity index (χ3v) is 2.95. The van der Waals surface area contributed by atoms with Crippen LogP contribution in [0.5, 0.6) is 0 Å². The van der Waals surface area contributed by atoms with Gasteiger partial charge in [-0.15, -0.1) is 0 Å². The predicted molar refractivity (Wildman–Crippen MR) is 100 cm³/mol. The van der Waals surface area contributed by atoms with Crippen molar-refractivity contribution in [1.82, 2.24) is 0 Å². The molecule has 2 heterocycles. The zero-order valence-electron chi connectivity index (χ0n) is 17.0. The maximum Gasteiger partial charge on any atom is 2.00 e. The van der Waals surface area contributed by atoms with Crippen molar-refractivity contribution in [2.45, 2.75) is 24.4 Å². The monoisotopic (exact) mass is 570 g/mol. The molecule has 0 saturated carbocycles. The number of carbonyl (C=O) groups is 2. The molecule has 0 fully saturated rings. The second kappa shape index (κ2) is 16.2. The van der Waals surface area contributed by atoms with Gasteiger partial charge in [0.1, 0.15) is 12.2 Å². The number of hydrogen-bond acceptors (Lipinski definition) is 16. The molecule has 12 N–H and O–H groups in total. The molecule has 0 unspecified atom stereocenters. The maximum atomic E-state index is 10.5. The van der Waals surface area contributed by atoms with Gasteiger partial charge in [-0.3, -0.25) is 9.13 Å². The van der Waals surface area contributed by atoms with E-state index in [1.165, 1.54) is 0 Å². The molecule has 4 atom stereocenters. The number of ether oxygens (including phenoxy) is 2. The van der Waals surface area contributed by atoms with Crippen LogP contribution in [0.2, 0.25) is 0 Å². The number of phosphoric acid groups is 2. The van der Waals surface area contributed by atoms with Crippen molar-refractivity contribution in [2.75, 3.05) is 13.2 Å². The molecule has 0 bridgehead atoms. The van der Waals surface area contributed by atoms with Crippen LogP contribution in [0.1, 0.15) is 0 Å². The van der Waals surface area contributed by atoms with E-state index in [0.29, 0.717) is 0 Å². The standard InChI is InChI=1S/2C6H8O6.Mg.2H3O4P/c2*7-1-2(8)5-3(9)4(10)6(11)12-5;;2*1-5(2,3)4/h2*2,5,7-10H,1H2;;2*(H3,1,2,3,4)/q;;+2;;/p-2/t2*2-,5+;;;/m00.../s1. The van der Waals surface area contributed by atoms with E-state index >= 15 is 0 Å². The molecule has 35 heavy (non-hydrogen) atoms. The summed E-state index contributed by atoms with van der Waals surface area (Å²) in [5.74, 6) is -5.56. The topological polar surface area (TPSA) is 376 Å². The van der Waals surface area contributed by atoms with Crippen LogP contribution >= 0.6 is 15.6 Å². The predicted octanol–water partition coefficient (Wildman–Crippen LogP) is -6.32. The van der Waals surface area contributed by atoms with Gasteiger partial charge in [-0.05, 0) is 0 Å². The van der Waals surface area contributed by atoms with Crippen LogP contribution in [0.25, 0.3) is 0 Å². The fourth-order valence-electron chi connectivity index (χ4n) is 1.65. The van der Waals surface area contributed by atoms with Crippen LogP contribution in [0, 0.1) is 0 Å². The number of rotatable bonds is 4. The van der Waals surface area contributed by atoms with Crippen molar-refractivity contribution in [1.29, 1.82) is 0 Å². The van der Waals surface area contributed by atoms with Gasteiger partial charge >= 0.3 is 35.0 Å². The van der Waals surface area contributed by atoms with Gasteiger partial charge in [-0.2, -0.15) is 0 Å². The van der Waals surface area contributed by atoms with Crippen LogP contribution in [0.3, 0.4) is 0 Å². The Balaban J connectivity index is -0.000000419. The zero-order chi connectivity index (χ0) is 27.6. The van der Waals surface area contributed by atoms with Crippen LogP contribution in [0.4, 0.5) is 0 Å². The molecule has 2 aliphatic rings. The first-order valence-electron chi connectivity index (χ1n) is 7.92. The first-order chi connectivity index (χ1) is 15.1. The number of esters is 2. The molecular formula is C12H20MgO20P2. The minimum Gasteiger partial charge on any atom is -0.756 e. The van der Waals surface area contributed by atoms with E-state index in [-0.39, 0.29) is 23.1 Å². The van der Waals surface area contributed by atoms with E-state index < -0.39 is 88.3 Å². The zero-order valence-corrected chi connectivity index (χ0v) is 20.2. The Kier molecular flexibility index (Phi) is 17.6. The molecule has 23 heteroatoms. The quantitative estimate of drug-likeness (QED) is 0.0848. The van der Waals surface area contributed by atoms with Crippen molar-refractivity contribution in [3.05, 3.63) is 23.0 Å². The molecule has 20 nitrogen and oxygen atoms in total. The number of hydrogen-bond donors (Lipinski definition) is 12. The van der Waals surface area contributed by atoms with E-state index in [2.05, 4.69) is 9.47 Å². The minimum atomic E-state index is -4.89. The van der Waals surface area contributed by atoms with E-state index in [9.17, 15) is 9.59 Å². The second-order valence-corrected chi connectivity index (χ2v) is 7.56. The van der Waals surface area contributed by atoms with Gasteiger partial charge in [0.25, 0.3) is 15.6 Å². The van der Waals surface area contributed by atoms with Crippen LogP contribution in [-0.4, -0.2) is 133 Å². The van der Waals surface area contributed by atoms with Gasteiger partial charge in [0.15, 0.2) is 23.7 Å². The molecule has 0 amide bonds. The summed E-state index contributed by atoms with van der Waals surface area (Å²) in [6.07, 6.45) is -5.55. The number of aliphatic hydroxyl groups is 8. The minimum absolute atomic E-state index is 0. The number of carbonyl (C=O) groups excluding carboxylic acids is 2. The largest absolute Gasteiger partial charge is 2.00 e. The third-order valence-electron chi connectivity index (χ3n) is 2.95. The summed E-state index contributed by atoms with van der Waals surface area (Å²) in [5.41, 5.74) is 0. The van der Waals surface area contributed by atoms with E-state index in [1.807, 2.05) is 0 Å². The van der Waals surface area contributed by atoms with Gasteiger partial charge < -0.3 is 79.7 Å². The SMILES string of the molecule is O=C1O[C@H]([C@@H](O)CO)C(O)=C1O.O=C1O[C@H]([C@@H](O)CO)C(O)=C1O.O=P([O-])(O)O.O=P([O-])(O)O.[Mg+2]. The summed E-state index contributed by atoms with van der Waals surface area (Å²) in [7, 11) is -9.78. The molecule has 0 radical (unpaired) electrons. The second-order valence-electron chi connectivity index (χ2n) is 5.60. The number of cyclic esters (lactones) is 2. The normalized spacial score (nSPS) is 21.1. The summed E-state index contributed by atoms with van der Waals surface area (Å²) in [4.78, 5) is 66.9. The fourth-order valence-corrected chi connectivity index (χ4v) is 1.65. The van der Waals surface area contributed by atoms with E-state index in [0.717, 1.165) is 0 Å². The average molecular weight is 571 g/mol. The van der Waals surface area contributed by atoms with Crippen molar-refractivity contribution in [2.24, 2.45) is 0 Å².